The first-order valence-corrected chi connectivity index (χ1v) is 0.612. The van der Waals surface area contributed by atoms with Crippen molar-refractivity contribution in [2.24, 2.45) is 0 Å². The average molecular weight is 191 g/mol. The van der Waals surface area contributed by atoms with E-state index >= 15 is 0 Å². The van der Waals surface area contributed by atoms with Crippen molar-refractivity contribution in [3.05, 3.63) is 0 Å². The molecule has 8 N–H and O–H groups in total. The van der Waals surface area contributed by atoms with E-state index < -0.39 is 6.16 Å². The van der Waals surface area contributed by atoms with E-state index in [-0.39, 0.29) is 38.4 Å². The summed E-state index contributed by atoms with van der Waals surface area (Å²) in [4.78, 5) is 8.33. The van der Waals surface area contributed by atoms with Gasteiger partial charge in [0.05, 0.1) is 0 Å². The first-order chi connectivity index (χ1) is 1.73. The van der Waals surface area contributed by atoms with Crippen LogP contribution in [0.1, 0.15) is 0 Å². The molecule has 9 heavy (non-hydrogen) atoms. The molecule has 0 radical (unpaired) electrons. The molecule has 0 aromatic heterocycles. The summed E-state index contributed by atoms with van der Waals surface area (Å²) >= 11 is 0. The van der Waals surface area contributed by atoms with Crippen LogP contribution in [-0.4, -0.2) is 28.1 Å². The molecule has 0 unspecified atom stereocenters. The third-order valence-electron chi connectivity index (χ3n) is 0. The predicted octanol–water partition coefficient (Wildman–Crippen LogP) is -5.75. The van der Waals surface area contributed by atoms with Crippen LogP contribution in [0.5, 0.6) is 0 Å². The van der Waals surface area contributed by atoms with Crippen LogP contribution < -0.4 is 10.2 Å². The zero-order valence-electron chi connectivity index (χ0n) is 4.04. The minimum Gasteiger partial charge on any atom is -0.652 e. The Bertz CT molecular complexity index is 31.9. The molecule has 0 aliphatic heterocycles. The maximum Gasteiger partial charge on any atom is 2.00 e. The number of hydrogen-bond donors (Lipinski definition) is 0. The number of carboxylic acid groups (broad SMARTS) is 2. The second-order valence-corrected chi connectivity index (χ2v) is 0.250. The Labute approximate surface area is 60.5 Å². The summed E-state index contributed by atoms with van der Waals surface area (Å²) in [5.74, 6) is 0. The summed E-state index contributed by atoms with van der Waals surface area (Å²) in [5, 5.41) is 16.7. The summed E-state index contributed by atoms with van der Waals surface area (Å²) in [7, 11) is 0. The van der Waals surface area contributed by atoms with Crippen molar-refractivity contribution in [2.45, 2.75) is 0 Å². The van der Waals surface area contributed by atoms with Gasteiger partial charge in [0.1, 0.15) is 0 Å². The molecule has 0 saturated heterocycles. The van der Waals surface area contributed by atoms with Gasteiger partial charge in [-0.3, -0.25) is 0 Å². The first-order valence-electron chi connectivity index (χ1n) is 0.612. The van der Waals surface area contributed by atoms with Crippen LogP contribution in [-0.2, 0) is 16.5 Å². The molecular weight excluding hydrogens is 183 g/mol. The maximum atomic E-state index is 8.33. The summed E-state index contributed by atoms with van der Waals surface area (Å²) in [6.07, 6.45) is -2.33. The first kappa shape index (κ1) is 73.4. The Balaban J connectivity index is -0.00000000450. The van der Waals surface area contributed by atoms with Crippen LogP contribution in [0.4, 0.5) is 4.79 Å². The maximum absolute atomic E-state index is 8.33. The van der Waals surface area contributed by atoms with Crippen molar-refractivity contribution in [1.29, 1.82) is 0 Å². The van der Waals surface area contributed by atoms with E-state index in [0.717, 1.165) is 0 Å². The van der Waals surface area contributed by atoms with Gasteiger partial charge < -0.3 is 36.9 Å². The Kier molecular flexibility index (Phi) is 399. The normalized spacial score (nSPS) is 2.67. The largest absolute Gasteiger partial charge is 2.00 e. The Morgan fingerprint density at radius 2 is 0.889 bits per heavy atom. The zero-order chi connectivity index (χ0) is 3.58. The summed E-state index contributed by atoms with van der Waals surface area (Å²) in [6, 6.07) is 0. The SMILES string of the molecule is O.O.O.O.O=C([O-])[O-].[Ni+2]. The van der Waals surface area contributed by atoms with Gasteiger partial charge in [0, 0.05) is 0 Å². The van der Waals surface area contributed by atoms with Gasteiger partial charge >= 0.3 is 16.5 Å². The molecule has 0 rings (SSSR count). The number of carbonyl (C=O) groups excluding carboxylic acids is 1. The Morgan fingerprint density at radius 1 is 0.889 bits per heavy atom. The van der Waals surface area contributed by atoms with Gasteiger partial charge in [-0.15, -0.1) is 0 Å². The minimum absolute atomic E-state index is 0. The van der Waals surface area contributed by atoms with Gasteiger partial charge in [-0.1, -0.05) is 0 Å². The van der Waals surface area contributed by atoms with Crippen LogP contribution in [0.15, 0.2) is 0 Å². The molecule has 0 aliphatic rings. The summed E-state index contributed by atoms with van der Waals surface area (Å²) in [6.45, 7) is 0. The van der Waals surface area contributed by atoms with E-state index in [4.69, 9.17) is 15.0 Å². The standard InChI is InChI=1S/CH2O3.Ni.4H2O/c2-1(3)4;;;;;/h(H2,2,3,4);;4*1H2/q;+2;;;;/p-2. The van der Waals surface area contributed by atoms with Gasteiger partial charge in [-0.05, 0) is 6.16 Å². The number of carbonyl (C=O) groups is 1. The minimum atomic E-state index is -2.33. The number of rotatable bonds is 0. The van der Waals surface area contributed by atoms with Crippen LogP contribution in [0, 0.1) is 0 Å². The van der Waals surface area contributed by atoms with Crippen molar-refractivity contribution in [2.75, 3.05) is 0 Å². The van der Waals surface area contributed by atoms with Gasteiger partial charge in [0.15, 0.2) is 0 Å². The molecule has 0 aromatic rings. The van der Waals surface area contributed by atoms with Gasteiger partial charge in [0.2, 0.25) is 0 Å². The quantitative estimate of drug-likeness (QED) is 0.345. The van der Waals surface area contributed by atoms with Crippen LogP contribution >= 0.6 is 0 Å². The third kappa shape index (κ3) is 1520. The van der Waals surface area contributed by atoms with Gasteiger partial charge in [-0.25, -0.2) is 0 Å². The van der Waals surface area contributed by atoms with E-state index in [2.05, 4.69) is 0 Å². The molecule has 0 amide bonds. The van der Waals surface area contributed by atoms with E-state index in [1.165, 1.54) is 0 Å². The van der Waals surface area contributed by atoms with Crippen molar-refractivity contribution >= 4 is 6.16 Å². The van der Waals surface area contributed by atoms with Crippen LogP contribution in [0.2, 0.25) is 0 Å². The second kappa shape index (κ2) is 48.9. The van der Waals surface area contributed by atoms with E-state index in [1.54, 1.807) is 0 Å². The monoisotopic (exact) mass is 190 g/mol. The molecule has 0 saturated carbocycles. The smallest absolute Gasteiger partial charge is 0.652 e. The van der Waals surface area contributed by atoms with E-state index in [0.29, 0.717) is 0 Å². The Morgan fingerprint density at radius 3 is 0.889 bits per heavy atom. The molecule has 7 nitrogen and oxygen atoms in total. The van der Waals surface area contributed by atoms with Crippen LogP contribution in [0.25, 0.3) is 0 Å². The number of hydrogen-bond acceptors (Lipinski definition) is 3. The molecule has 0 fully saturated rings. The molecule has 0 bridgehead atoms. The second-order valence-electron chi connectivity index (χ2n) is 0.250. The van der Waals surface area contributed by atoms with Crippen molar-refractivity contribution in [3.8, 4) is 0 Å². The molecular formula is CH8NiO7. The topological polar surface area (TPSA) is 189 Å². The third-order valence-corrected chi connectivity index (χ3v) is 0. The fourth-order valence-electron chi connectivity index (χ4n) is 0. The molecule has 8 heteroatoms. The van der Waals surface area contributed by atoms with Crippen molar-refractivity contribution in [3.63, 3.8) is 0 Å². The molecule has 0 aromatic carbocycles. The average Bonchev–Trinajstić information content (AvgIpc) is 0.811. The molecule has 0 heterocycles. The van der Waals surface area contributed by atoms with Crippen molar-refractivity contribution < 1.29 is 53.4 Å². The summed E-state index contributed by atoms with van der Waals surface area (Å²) in [5.41, 5.74) is 0. The van der Waals surface area contributed by atoms with Gasteiger partial charge in [0.25, 0.3) is 0 Å². The fraction of sp³-hybridized carbons (Fsp3) is 0. The molecule has 64 valence electrons. The van der Waals surface area contributed by atoms with E-state index in [9.17, 15) is 0 Å². The Hall–Kier alpha value is -0.396. The van der Waals surface area contributed by atoms with E-state index in [1.807, 2.05) is 0 Å². The zero-order valence-corrected chi connectivity index (χ0v) is 5.03. The van der Waals surface area contributed by atoms with Crippen LogP contribution in [0.3, 0.4) is 0 Å². The molecule has 0 spiro atoms. The van der Waals surface area contributed by atoms with Crippen molar-refractivity contribution in [1.82, 2.24) is 0 Å². The molecule has 0 atom stereocenters. The fourth-order valence-corrected chi connectivity index (χ4v) is 0. The molecule has 0 aliphatic carbocycles. The summed E-state index contributed by atoms with van der Waals surface area (Å²) < 4.78 is 0. The van der Waals surface area contributed by atoms with Gasteiger partial charge in [-0.2, -0.15) is 0 Å². The predicted molar refractivity (Wildman–Crippen MR) is 19.9 cm³/mol.